The molecule has 1 aromatic rings. The van der Waals surface area contributed by atoms with Crippen LogP contribution in [0.5, 0.6) is 5.75 Å². The molecule has 4 nitrogen and oxygen atoms in total. The van der Waals surface area contributed by atoms with E-state index >= 15 is 0 Å². The quantitative estimate of drug-likeness (QED) is 0.681. The molecule has 20 heavy (non-hydrogen) atoms. The van der Waals surface area contributed by atoms with Gasteiger partial charge in [-0.05, 0) is 47.0 Å². The summed E-state index contributed by atoms with van der Waals surface area (Å²) in [4.78, 5) is 14.6. The summed E-state index contributed by atoms with van der Waals surface area (Å²) in [6.45, 7) is 1.92. The third-order valence-electron chi connectivity index (χ3n) is 3.47. The van der Waals surface area contributed by atoms with Crippen molar-refractivity contribution in [2.24, 2.45) is 0 Å². The van der Waals surface area contributed by atoms with Crippen LogP contribution in [0.3, 0.4) is 0 Å². The van der Waals surface area contributed by atoms with Gasteiger partial charge in [-0.15, -0.1) is 0 Å². The highest BCUT2D eigenvalue weighted by molar-refractivity contribution is 9.10. The maximum atomic E-state index is 12.4. The van der Waals surface area contributed by atoms with Gasteiger partial charge in [0.1, 0.15) is 5.75 Å². The lowest BCUT2D eigenvalue weighted by molar-refractivity contribution is 0.0885. The molecule has 0 atom stereocenters. The van der Waals surface area contributed by atoms with Crippen LogP contribution in [0, 0.1) is 0 Å². The van der Waals surface area contributed by atoms with Gasteiger partial charge in [0.15, 0.2) is 5.78 Å². The molecule has 0 unspecified atom stereocenters. The monoisotopic (exact) mass is 341 g/mol. The fourth-order valence-electron chi connectivity index (χ4n) is 2.15. The van der Waals surface area contributed by atoms with Crippen molar-refractivity contribution in [1.29, 1.82) is 0 Å². The van der Waals surface area contributed by atoms with E-state index in [4.69, 9.17) is 9.47 Å². The molecule has 0 amide bonds. The summed E-state index contributed by atoms with van der Waals surface area (Å²) in [7, 11) is 3.30. The first kappa shape index (κ1) is 15.5. The Balaban J connectivity index is 2.00. The molecule has 0 N–H and O–H groups in total. The third kappa shape index (κ3) is 4.04. The Kier molecular flexibility index (Phi) is 5.57. The van der Waals surface area contributed by atoms with Gasteiger partial charge in [0.2, 0.25) is 0 Å². The molecule has 0 aliphatic heterocycles. The van der Waals surface area contributed by atoms with Crippen LogP contribution in [-0.2, 0) is 4.74 Å². The number of benzene rings is 1. The van der Waals surface area contributed by atoms with E-state index < -0.39 is 0 Å². The van der Waals surface area contributed by atoms with Crippen LogP contribution in [0.15, 0.2) is 22.7 Å². The summed E-state index contributed by atoms with van der Waals surface area (Å²) >= 11 is 3.41. The van der Waals surface area contributed by atoms with Gasteiger partial charge in [0.25, 0.3) is 0 Å². The first-order valence-corrected chi connectivity index (χ1v) is 7.54. The van der Waals surface area contributed by atoms with E-state index in [-0.39, 0.29) is 5.78 Å². The Morgan fingerprint density at radius 1 is 1.40 bits per heavy atom. The van der Waals surface area contributed by atoms with Gasteiger partial charge in [-0.3, -0.25) is 9.69 Å². The highest BCUT2D eigenvalue weighted by atomic mass is 79.9. The lowest BCUT2D eigenvalue weighted by atomic mass is 10.1. The van der Waals surface area contributed by atoms with Gasteiger partial charge in [0, 0.05) is 25.3 Å². The molecular formula is C15H20BrNO3. The molecule has 0 saturated heterocycles. The van der Waals surface area contributed by atoms with Crippen molar-refractivity contribution in [3.63, 3.8) is 0 Å². The Hall–Kier alpha value is -0.910. The van der Waals surface area contributed by atoms with Gasteiger partial charge in [-0.25, -0.2) is 0 Å². The number of ketones is 1. The van der Waals surface area contributed by atoms with E-state index in [9.17, 15) is 4.79 Å². The van der Waals surface area contributed by atoms with Crippen LogP contribution < -0.4 is 4.74 Å². The third-order valence-corrected chi connectivity index (χ3v) is 4.09. The summed E-state index contributed by atoms with van der Waals surface area (Å²) in [6.07, 6.45) is 2.37. The maximum absolute atomic E-state index is 12.4. The van der Waals surface area contributed by atoms with Crippen LogP contribution in [0.2, 0.25) is 0 Å². The number of carbonyl (C=O) groups excluding carboxylic acids is 1. The van der Waals surface area contributed by atoms with E-state index in [1.54, 1.807) is 14.2 Å². The van der Waals surface area contributed by atoms with Crippen LogP contribution in [0.1, 0.15) is 23.2 Å². The van der Waals surface area contributed by atoms with E-state index in [2.05, 4.69) is 20.8 Å². The summed E-state index contributed by atoms with van der Waals surface area (Å²) in [6, 6.07) is 6.00. The SMILES string of the molecule is COCCN(CC(=O)c1ccc(OC)c(Br)c1)C1CC1. The second kappa shape index (κ2) is 7.20. The standard InChI is InChI=1S/C15H20BrNO3/c1-19-8-7-17(12-4-5-12)10-14(18)11-3-6-15(20-2)13(16)9-11/h3,6,9,12H,4-5,7-8,10H2,1-2H3. The minimum absolute atomic E-state index is 0.136. The van der Waals surface area contributed by atoms with Crippen LogP contribution in [0.25, 0.3) is 0 Å². The maximum Gasteiger partial charge on any atom is 0.176 e. The number of rotatable bonds is 8. The van der Waals surface area contributed by atoms with Crippen molar-refractivity contribution in [3.05, 3.63) is 28.2 Å². The Morgan fingerprint density at radius 2 is 2.15 bits per heavy atom. The Morgan fingerprint density at radius 3 is 2.70 bits per heavy atom. The molecular weight excluding hydrogens is 322 g/mol. The number of halogens is 1. The van der Waals surface area contributed by atoms with Crippen molar-refractivity contribution in [2.45, 2.75) is 18.9 Å². The smallest absolute Gasteiger partial charge is 0.176 e. The van der Waals surface area contributed by atoms with Crippen LogP contribution in [0.4, 0.5) is 0 Å². The van der Waals surface area contributed by atoms with E-state index in [0.717, 1.165) is 16.8 Å². The first-order chi connectivity index (χ1) is 9.65. The summed E-state index contributed by atoms with van der Waals surface area (Å²) in [5.74, 6) is 0.872. The summed E-state index contributed by atoms with van der Waals surface area (Å²) in [5, 5.41) is 0. The van der Waals surface area contributed by atoms with Gasteiger partial charge in [0.05, 0.1) is 24.7 Å². The largest absolute Gasteiger partial charge is 0.496 e. The lowest BCUT2D eigenvalue weighted by Crippen LogP contribution is -2.34. The van der Waals surface area contributed by atoms with E-state index in [1.165, 1.54) is 12.8 Å². The lowest BCUT2D eigenvalue weighted by Gasteiger charge is -2.20. The molecule has 1 saturated carbocycles. The first-order valence-electron chi connectivity index (χ1n) is 6.75. The second-order valence-electron chi connectivity index (χ2n) is 4.97. The zero-order valence-corrected chi connectivity index (χ0v) is 13.5. The van der Waals surface area contributed by atoms with Crippen LogP contribution >= 0.6 is 15.9 Å². The molecule has 1 aliphatic rings. The van der Waals surface area contributed by atoms with Crippen molar-refractivity contribution >= 4 is 21.7 Å². The number of hydrogen-bond donors (Lipinski definition) is 0. The molecule has 110 valence electrons. The van der Waals surface area contributed by atoms with E-state index in [1.807, 2.05) is 18.2 Å². The van der Waals surface area contributed by atoms with Gasteiger partial charge in [-0.2, -0.15) is 0 Å². The van der Waals surface area contributed by atoms with Gasteiger partial charge in [-0.1, -0.05) is 0 Å². The zero-order valence-electron chi connectivity index (χ0n) is 11.9. The average molecular weight is 342 g/mol. The number of ether oxygens (including phenoxy) is 2. The van der Waals surface area contributed by atoms with Crippen LogP contribution in [-0.4, -0.2) is 50.6 Å². The molecule has 0 spiro atoms. The number of nitrogens with zero attached hydrogens (tertiary/aromatic N) is 1. The molecule has 1 fully saturated rings. The topological polar surface area (TPSA) is 38.8 Å². The van der Waals surface area contributed by atoms with Crippen molar-refractivity contribution in [2.75, 3.05) is 33.9 Å². The Labute approximate surface area is 128 Å². The van der Waals surface area contributed by atoms with Crippen molar-refractivity contribution in [3.8, 4) is 5.75 Å². The second-order valence-corrected chi connectivity index (χ2v) is 5.82. The number of hydrogen-bond acceptors (Lipinski definition) is 4. The molecule has 0 aromatic heterocycles. The number of methoxy groups -OCH3 is 2. The minimum atomic E-state index is 0.136. The molecule has 1 aromatic carbocycles. The average Bonchev–Trinajstić information content (AvgIpc) is 3.27. The van der Waals surface area contributed by atoms with Crippen molar-refractivity contribution in [1.82, 2.24) is 4.90 Å². The van der Waals surface area contributed by atoms with Crippen molar-refractivity contribution < 1.29 is 14.3 Å². The minimum Gasteiger partial charge on any atom is -0.496 e. The molecule has 1 aliphatic carbocycles. The normalized spacial score (nSPS) is 14.6. The fourth-order valence-corrected chi connectivity index (χ4v) is 2.70. The molecule has 0 heterocycles. The highest BCUT2D eigenvalue weighted by Crippen LogP contribution is 2.28. The van der Waals surface area contributed by atoms with E-state index in [0.29, 0.717) is 24.8 Å². The molecule has 0 radical (unpaired) electrons. The molecule has 5 heteroatoms. The number of Topliss-reactive ketones (excluding diaryl/α,β-unsaturated/α-hetero) is 1. The van der Waals surface area contributed by atoms with Gasteiger partial charge < -0.3 is 9.47 Å². The summed E-state index contributed by atoms with van der Waals surface area (Å²) in [5.41, 5.74) is 0.709. The predicted molar refractivity (Wildman–Crippen MR) is 81.5 cm³/mol. The molecule has 2 rings (SSSR count). The predicted octanol–water partition coefficient (Wildman–Crippen LogP) is 2.75. The Bertz CT molecular complexity index is 474. The number of carbonyl (C=O) groups is 1. The highest BCUT2D eigenvalue weighted by Gasteiger charge is 2.30. The molecule has 0 bridgehead atoms. The fraction of sp³-hybridized carbons (Fsp3) is 0.533. The van der Waals surface area contributed by atoms with Gasteiger partial charge >= 0.3 is 0 Å². The summed E-state index contributed by atoms with van der Waals surface area (Å²) < 4.78 is 11.1. The zero-order chi connectivity index (χ0) is 14.5.